The lowest BCUT2D eigenvalue weighted by atomic mass is 10.0. The predicted molar refractivity (Wildman–Crippen MR) is 150 cm³/mol. The van der Waals surface area contributed by atoms with Crippen LogP contribution >= 0.6 is 0 Å². The van der Waals surface area contributed by atoms with E-state index in [4.69, 9.17) is 24.8 Å². The van der Waals surface area contributed by atoms with Crippen molar-refractivity contribution in [3.8, 4) is 17.2 Å². The van der Waals surface area contributed by atoms with Gasteiger partial charge in [0.05, 0.1) is 47.7 Å². The van der Waals surface area contributed by atoms with Gasteiger partial charge in [-0.1, -0.05) is 12.1 Å². The molecule has 2 saturated heterocycles. The zero-order valence-corrected chi connectivity index (χ0v) is 23.0. The number of aromatic nitrogens is 6. The fourth-order valence-corrected chi connectivity index (χ4v) is 5.89. The molecule has 0 unspecified atom stereocenters. The normalized spacial score (nSPS) is 19.4. The van der Waals surface area contributed by atoms with Crippen LogP contribution in [0.5, 0.6) is 0 Å². The molecule has 10 nitrogen and oxygen atoms in total. The Hall–Kier alpha value is -3.50. The maximum Gasteiger partial charge on any atom is 0.239 e. The molecule has 0 radical (unpaired) electrons. The summed E-state index contributed by atoms with van der Waals surface area (Å²) in [6.45, 7) is 10.8. The standard InChI is InChI=1S/C28H37N9O/c1-18-17-38-15-14-35(18)25-16-23(26-19(2)33-37(20(26)3)21-10-12-34(5)13-11-21)31-28(32-25)36-24-9-7-6-8-22(24)30-27(36)29-4/h6-9,16,18,21H,10-15,17H2,1-5H3,(H,29,30)/t18-/m1/s1. The van der Waals surface area contributed by atoms with Crippen LogP contribution in [0.3, 0.4) is 0 Å². The molecule has 2 aliphatic heterocycles. The lowest BCUT2D eigenvalue weighted by molar-refractivity contribution is 0.0985. The molecule has 0 aliphatic carbocycles. The van der Waals surface area contributed by atoms with E-state index in [0.717, 1.165) is 72.0 Å². The summed E-state index contributed by atoms with van der Waals surface area (Å²) < 4.78 is 9.99. The van der Waals surface area contributed by atoms with Crippen LogP contribution < -0.4 is 10.2 Å². The third-order valence-electron chi connectivity index (χ3n) is 7.96. The van der Waals surface area contributed by atoms with Crippen molar-refractivity contribution in [3.05, 3.63) is 41.7 Å². The van der Waals surface area contributed by atoms with Gasteiger partial charge in [0.2, 0.25) is 11.9 Å². The highest BCUT2D eigenvalue weighted by Crippen LogP contribution is 2.34. The van der Waals surface area contributed by atoms with Crippen molar-refractivity contribution in [1.82, 2.24) is 34.2 Å². The summed E-state index contributed by atoms with van der Waals surface area (Å²) in [5.74, 6) is 2.20. The van der Waals surface area contributed by atoms with E-state index in [1.807, 2.05) is 29.8 Å². The number of hydrogen-bond acceptors (Lipinski definition) is 8. The van der Waals surface area contributed by atoms with Crippen molar-refractivity contribution >= 4 is 22.8 Å². The zero-order valence-electron chi connectivity index (χ0n) is 23.0. The van der Waals surface area contributed by atoms with Gasteiger partial charge in [0.1, 0.15) is 5.82 Å². The molecule has 200 valence electrons. The van der Waals surface area contributed by atoms with Gasteiger partial charge in [0.25, 0.3) is 0 Å². The Morgan fingerprint density at radius 1 is 1.03 bits per heavy atom. The molecule has 6 rings (SSSR count). The van der Waals surface area contributed by atoms with Gasteiger partial charge < -0.3 is 19.9 Å². The lowest BCUT2D eigenvalue weighted by Gasteiger charge is -2.34. The fourth-order valence-electron chi connectivity index (χ4n) is 5.89. The smallest absolute Gasteiger partial charge is 0.239 e. The van der Waals surface area contributed by atoms with Crippen LogP contribution in [0, 0.1) is 13.8 Å². The van der Waals surface area contributed by atoms with Crippen molar-refractivity contribution in [2.45, 2.75) is 45.7 Å². The van der Waals surface area contributed by atoms with E-state index in [9.17, 15) is 0 Å². The number of aryl methyl sites for hydroxylation is 1. The third kappa shape index (κ3) is 4.31. The average molecular weight is 516 g/mol. The summed E-state index contributed by atoms with van der Waals surface area (Å²) >= 11 is 0. The van der Waals surface area contributed by atoms with E-state index in [1.54, 1.807) is 0 Å². The van der Waals surface area contributed by atoms with E-state index in [1.165, 1.54) is 0 Å². The molecular formula is C28H37N9O. The second-order valence-corrected chi connectivity index (χ2v) is 10.6. The Kier molecular flexibility index (Phi) is 6.53. The third-order valence-corrected chi connectivity index (χ3v) is 7.96. The van der Waals surface area contributed by atoms with Crippen molar-refractivity contribution in [2.24, 2.45) is 0 Å². The van der Waals surface area contributed by atoms with Gasteiger partial charge in [-0.05, 0) is 65.9 Å². The first-order chi connectivity index (χ1) is 18.4. The summed E-state index contributed by atoms with van der Waals surface area (Å²) in [5, 5.41) is 8.28. The number of benzene rings is 1. The fraction of sp³-hybridized carbons (Fsp3) is 0.500. The molecule has 0 spiro atoms. The predicted octanol–water partition coefficient (Wildman–Crippen LogP) is 3.83. The van der Waals surface area contributed by atoms with Crippen LogP contribution in [0.4, 0.5) is 11.8 Å². The van der Waals surface area contributed by atoms with E-state index >= 15 is 0 Å². The van der Waals surface area contributed by atoms with Crippen LogP contribution in [0.15, 0.2) is 30.3 Å². The molecule has 2 fully saturated rings. The maximum atomic E-state index is 5.73. The first-order valence-corrected chi connectivity index (χ1v) is 13.6. The molecular weight excluding hydrogens is 478 g/mol. The number of likely N-dealkylation sites (tertiary alicyclic amines) is 1. The van der Waals surface area contributed by atoms with Crippen LogP contribution in [-0.2, 0) is 4.74 Å². The molecule has 0 amide bonds. The van der Waals surface area contributed by atoms with Crippen LogP contribution in [0.2, 0.25) is 0 Å². The molecule has 4 aromatic rings. The molecule has 10 heteroatoms. The van der Waals surface area contributed by atoms with Gasteiger partial charge in [-0.3, -0.25) is 4.68 Å². The lowest BCUT2D eigenvalue weighted by Crippen LogP contribution is -2.44. The highest BCUT2D eigenvalue weighted by Gasteiger charge is 2.27. The second-order valence-electron chi connectivity index (χ2n) is 10.6. The van der Waals surface area contributed by atoms with Crippen LogP contribution in [0.25, 0.3) is 28.2 Å². The summed E-state index contributed by atoms with van der Waals surface area (Å²) in [6.07, 6.45) is 2.21. The summed E-state index contributed by atoms with van der Waals surface area (Å²) in [6, 6.07) is 10.8. The van der Waals surface area contributed by atoms with Crippen molar-refractivity contribution in [1.29, 1.82) is 0 Å². The monoisotopic (exact) mass is 515 g/mol. The minimum atomic E-state index is 0.215. The number of fused-ring (bicyclic) bond motifs is 1. The molecule has 1 aromatic carbocycles. The molecule has 1 atom stereocenters. The SMILES string of the molecule is CNc1nc2ccccc2n1-c1nc(-c2c(C)nn(C3CCN(C)CC3)c2C)cc(N2CCOC[C@H]2C)n1. The van der Waals surface area contributed by atoms with Gasteiger partial charge in [-0.2, -0.15) is 10.1 Å². The Morgan fingerprint density at radius 2 is 1.82 bits per heavy atom. The summed E-state index contributed by atoms with van der Waals surface area (Å²) in [7, 11) is 4.07. The van der Waals surface area contributed by atoms with E-state index in [0.29, 0.717) is 31.2 Å². The quantitative estimate of drug-likeness (QED) is 0.429. The molecule has 0 saturated carbocycles. The van der Waals surface area contributed by atoms with Crippen molar-refractivity contribution in [3.63, 3.8) is 0 Å². The Labute approximate surface area is 223 Å². The summed E-state index contributed by atoms with van der Waals surface area (Å²) in [5.41, 5.74) is 5.99. The largest absolute Gasteiger partial charge is 0.377 e. The van der Waals surface area contributed by atoms with Crippen LogP contribution in [0.1, 0.15) is 37.2 Å². The summed E-state index contributed by atoms with van der Waals surface area (Å²) in [4.78, 5) is 19.8. The van der Waals surface area contributed by atoms with Gasteiger partial charge in [-0.25, -0.2) is 14.5 Å². The molecule has 38 heavy (non-hydrogen) atoms. The number of morpholine rings is 1. The van der Waals surface area contributed by atoms with E-state index < -0.39 is 0 Å². The van der Waals surface area contributed by atoms with Gasteiger partial charge >= 0.3 is 0 Å². The van der Waals surface area contributed by atoms with Gasteiger partial charge in [-0.15, -0.1) is 0 Å². The van der Waals surface area contributed by atoms with Crippen molar-refractivity contribution < 1.29 is 4.74 Å². The topological polar surface area (TPSA) is 89.2 Å². The van der Waals surface area contributed by atoms with E-state index in [2.05, 4.69) is 59.8 Å². The minimum absolute atomic E-state index is 0.215. The first kappa shape index (κ1) is 24.8. The second kappa shape index (κ2) is 9.99. The average Bonchev–Trinajstić information content (AvgIpc) is 3.45. The number of piperidine rings is 1. The number of imidazole rings is 1. The molecule has 2 aliphatic rings. The Balaban J connectivity index is 1.52. The molecule has 3 aromatic heterocycles. The number of ether oxygens (including phenoxy) is 1. The zero-order chi connectivity index (χ0) is 26.4. The van der Waals surface area contributed by atoms with E-state index in [-0.39, 0.29) is 6.04 Å². The minimum Gasteiger partial charge on any atom is -0.377 e. The Morgan fingerprint density at radius 3 is 2.58 bits per heavy atom. The number of nitrogens with one attached hydrogen (secondary N) is 1. The number of rotatable bonds is 5. The first-order valence-electron chi connectivity index (χ1n) is 13.6. The number of nitrogens with zero attached hydrogens (tertiary/aromatic N) is 8. The molecule has 0 bridgehead atoms. The molecule has 1 N–H and O–H groups in total. The highest BCUT2D eigenvalue weighted by atomic mass is 16.5. The Bertz CT molecular complexity index is 1450. The number of para-hydroxylation sites is 2. The maximum absolute atomic E-state index is 5.73. The van der Waals surface area contributed by atoms with Gasteiger partial charge in [0.15, 0.2) is 0 Å². The highest BCUT2D eigenvalue weighted by molar-refractivity contribution is 5.81. The van der Waals surface area contributed by atoms with Gasteiger partial charge in [0, 0.05) is 30.9 Å². The number of anilines is 2. The number of hydrogen-bond donors (Lipinski definition) is 1. The van der Waals surface area contributed by atoms with Crippen LogP contribution in [-0.4, -0.2) is 87.2 Å². The van der Waals surface area contributed by atoms with Crippen molar-refractivity contribution in [2.75, 3.05) is 57.2 Å². The molecule has 5 heterocycles.